The number of aromatic nitrogens is 4. The third-order valence-electron chi connectivity index (χ3n) is 5.56. The summed E-state index contributed by atoms with van der Waals surface area (Å²) in [6.07, 6.45) is 1.87. The number of piperazine rings is 1. The highest BCUT2D eigenvalue weighted by atomic mass is 32.1. The van der Waals surface area contributed by atoms with Crippen LogP contribution in [0.2, 0.25) is 0 Å². The fourth-order valence-electron chi connectivity index (χ4n) is 3.91. The molecule has 0 radical (unpaired) electrons. The molecule has 1 amide bonds. The first-order chi connectivity index (χ1) is 15.1. The van der Waals surface area contributed by atoms with E-state index >= 15 is 0 Å². The molecule has 10 heteroatoms. The Morgan fingerprint density at radius 1 is 1.10 bits per heavy atom. The van der Waals surface area contributed by atoms with Gasteiger partial charge in [-0.05, 0) is 6.07 Å². The number of hydrogen-bond acceptors (Lipinski definition) is 7. The summed E-state index contributed by atoms with van der Waals surface area (Å²) in [7, 11) is 0. The average Bonchev–Trinajstić information content (AvgIpc) is 3.26. The highest BCUT2D eigenvalue weighted by molar-refractivity contribution is 7.15. The minimum Gasteiger partial charge on any atom is -0.340 e. The zero-order chi connectivity index (χ0) is 21.4. The number of benzene rings is 1. The molecular weight excluding hydrogens is 416 g/mol. The summed E-state index contributed by atoms with van der Waals surface area (Å²) >= 11 is 1.44. The zero-order valence-electron chi connectivity index (χ0n) is 16.7. The summed E-state index contributed by atoms with van der Waals surface area (Å²) in [6.45, 7) is 3.19. The van der Waals surface area contributed by atoms with Gasteiger partial charge in [-0.3, -0.25) is 23.7 Å². The number of H-pyrrole nitrogens is 1. The lowest BCUT2D eigenvalue weighted by Gasteiger charge is -2.34. The van der Waals surface area contributed by atoms with Gasteiger partial charge in [0.15, 0.2) is 4.96 Å². The number of amides is 1. The molecule has 3 aromatic heterocycles. The van der Waals surface area contributed by atoms with Crippen LogP contribution in [0.3, 0.4) is 0 Å². The molecule has 0 saturated carbocycles. The van der Waals surface area contributed by atoms with Crippen molar-refractivity contribution in [3.63, 3.8) is 0 Å². The Hall–Kier alpha value is -3.37. The lowest BCUT2D eigenvalue weighted by Crippen LogP contribution is -2.49. The molecule has 0 aliphatic carbocycles. The molecule has 0 unspecified atom stereocenters. The maximum Gasteiger partial charge on any atom is 0.272 e. The molecule has 31 heavy (non-hydrogen) atoms. The normalized spacial score (nSPS) is 15.0. The highest BCUT2D eigenvalue weighted by Gasteiger charge is 2.23. The van der Waals surface area contributed by atoms with E-state index < -0.39 is 0 Å². The first kappa shape index (κ1) is 19.6. The molecule has 1 saturated heterocycles. The first-order valence-corrected chi connectivity index (χ1v) is 10.9. The fraction of sp³-hybridized carbons (Fsp3) is 0.286. The molecule has 1 aliphatic rings. The zero-order valence-corrected chi connectivity index (χ0v) is 17.5. The number of nitrogens with zero attached hydrogens (tertiary/aromatic N) is 5. The molecule has 5 rings (SSSR count). The number of aromatic amines is 1. The third-order valence-corrected chi connectivity index (χ3v) is 6.32. The first-order valence-electron chi connectivity index (χ1n) is 10.0. The second-order valence-corrected chi connectivity index (χ2v) is 8.39. The Morgan fingerprint density at radius 2 is 1.87 bits per heavy atom. The lowest BCUT2D eigenvalue weighted by atomic mass is 10.1. The van der Waals surface area contributed by atoms with Crippen molar-refractivity contribution in [1.82, 2.24) is 29.4 Å². The number of thiazole rings is 1. The molecule has 4 heterocycles. The maximum atomic E-state index is 12.8. The Labute approximate surface area is 180 Å². The van der Waals surface area contributed by atoms with Crippen molar-refractivity contribution in [3.05, 3.63) is 74.0 Å². The van der Waals surface area contributed by atoms with Gasteiger partial charge in [0.2, 0.25) is 5.91 Å². The fourth-order valence-corrected chi connectivity index (χ4v) is 4.65. The number of rotatable bonds is 4. The molecule has 9 nitrogen and oxygen atoms in total. The van der Waals surface area contributed by atoms with E-state index in [1.807, 2.05) is 22.4 Å². The van der Waals surface area contributed by atoms with Crippen molar-refractivity contribution in [3.8, 4) is 0 Å². The molecule has 158 valence electrons. The van der Waals surface area contributed by atoms with Crippen LogP contribution in [-0.4, -0.2) is 61.5 Å². The monoisotopic (exact) mass is 436 g/mol. The van der Waals surface area contributed by atoms with E-state index in [1.54, 1.807) is 28.8 Å². The van der Waals surface area contributed by atoms with Gasteiger partial charge in [-0.2, -0.15) is 5.10 Å². The van der Waals surface area contributed by atoms with Crippen LogP contribution >= 0.6 is 11.3 Å². The van der Waals surface area contributed by atoms with Gasteiger partial charge in [0, 0.05) is 55.8 Å². The smallest absolute Gasteiger partial charge is 0.272 e. The molecule has 0 bridgehead atoms. The standard InChI is InChI=1S/C21H20N6O3S/c28-18(12-17-15-3-1-2-4-16(15)20(30)24-23-17)26-7-5-25(6-8-26)13-14-11-19(29)27-9-10-31-21(27)22-14/h1-4,9-11H,5-8,12-13H2,(H,24,30). The third kappa shape index (κ3) is 3.87. The largest absolute Gasteiger partial charge is 0.340 e. The summed E-state index contributed by atoms with van der Waals surface area (Å²) in [6, 6.07) is 8.75. The van der Waals surface area contributed by atoms with Gasteiger partial charge in [-0.15, -0.1) is 11.3 Å². The molecule has 1 fully saturated rings. The van der Waals surface area contributed by atoms with Gasteiger partial charge in [-0.1, -0.05) is 18.2 Å². The number of carbonyl (C=O) groups excluding carboxylic acids is 1. The van der Waals surface area contributed by atoms with Crippen LogP contribution in [0.15, 0.2) is 51.5 Å². The van der Waals surface area contributed by atoms with Gasteiger partial charge in [0.25, 0.3) is 11.1 Å². The lowest BCUT2D eigenvalue weighted by molar-refractivity contribution is -0.132. The Morgan fingerprint density at radius 3 is 2.68 bits per heavy atom. The van der Waals surface area contributed by atoms with Crippen LogP contribution < -0.4 is 11.1 Å². The summed E-state index contributed by atoms with van der Waals surface area (Å²) in [5, 5.41) is 9.68. The van der Waals surface area contributed by atoms with Gasteiger partial charge >= 0.3 is 0 Å². The maximum absolute atomic E-state index is 12.8. The van der Waals surface area contributed by atoms with Crippen LogP contribution in [0.4, 0.5) is 0 Å². The van der Waals surface area contributed by atoms with Crippen LogP contribution in [-0.2, 0) is 17.8 Å². The predicted octanol–water partition coefficient (Wildman–Crippen LogP) is 0.879. The molecule has 1 aliphatic heterocycles. The average molecular weight is 436 g/mol. The van der Waals surface area contributed by atoms with Crippen LogP contribution in [0.1, 0.15) is 11.4 Å². The van der Waals surface area contributed by atoms with Crippen LogP contribution in [0.25, 0.3) is 15.7 Å². The van der Waals surface area contributed by atoms with Gasteiger partial charge in [0.05, 0.1) is 23.2 Å². The van der Waals surface area contributed by atoms with E-state index in [1.165, 1.54) is 11.3 Å². The van der Waals surface area contributed by atoms with E-state index in [2.05, 4.69) is 20.1 Å². The molecular formula is C21H20N6O3S. The van der Waals surface area contributed by atoms with E-state index in [9.17, 15) is 14.4 Å². The topological polar surface area (TPSA) is 104 Å². The second kappa shape index (κ2) is 8.05. The summed E-state index contributed by atoms with van der Waals surface area (Å²) < 4.78 is 1.54. The van der Waals surface area contributed by atoms with Crippen molar-refractivity contribution < 1.29 is 4.79 Å². The summed E-state index contributed by atoms with van der Waals surface area (Å²) in [4.78, 5) is 46.2. The molecule has 0 atom stereocenters. The number of hydrogen-bond donors (Lipinski definition) is 1. The van der Waals surface area contributed by atoms with Gasteiger partial charge < -0.3 is 4.90 Å². The van der Waals surface area contributed by atoms with Crippen molar-refractivity contribution in [2.75, 3.05) is 26.2 Å². The molecule has 1 aromatic carbocycles. The number of carbonyl (C=O) groups is 1. The summed E-state index contributed by atoms with van der Waals surface area (Å²) in [5.74, 6) is -0.0132. The van der Waals surface area contributed by atoms with E-state index in [4.69, 9.17) is 0 Å². The van der Waals surface area contributed by atoms with Crippen molar-refractivity contribution in [2.45, 2.75) is 13.0 Å². The molecule has 1 N–H and O–H groups in total. The highest BCUT2D eigenvalue weighted by Crippen LogP contribution is 2.15. The van der Waals surface area contributed by atoms with E-state index in [0.717, 1.165) is 5.69 Å². The Bertz CT molecular complexity index is 1380. The van der Waals surface area contributed by atoms with Gasteiger partial charge in [0.1, 0.15) is 0 Å². The Balaban J connectivity index is 1.23. The van der Waals surface area contributed by atoms with Gasteiger partial charge in [-0.25, -0.2) is 10.1 Å². The quantitative estimate of drug-likeness (QED) is 0.509. The Kier molecular flexibility index (Phi) is 5.08. The van der Waals surface area contributed by atoms with E-state index in [0.29, 0.717) is 54.2 Å². The van der Waals surface area contributed by atoms with Crippen LogP contribution in [0.5, 0.6) is 0 Å². The summed E-state index contributed by atoms with van der Waals surface area (Å²) in [5.41, 5.74) is 0.998. The predicted molar refractivity (Wildman–Crippen MR) is 117 cm³/mol. The van der Waals surface area contributed by atoms with E-state index in [-0.39, 0.29) is 23.4 Å². The second-order valence-electron chi connectivity index (χ2n) is 7.52. The number of nitrogens with one attached hydrogen (secondary N) is 1. The number of fused-ring (bicyclic) bond motifs is 2. The SMILES string of the molecule is O=C(Cc1n[nH]c(=O)c2ccccc12)N1CCN(Cc2cc(=O)n3ccsc3n2)CC1. The minimum atomic E-state index is -0.255. The van der Waals surface area contributed by atoms with Crippen molar-refractivity contribution in [2.24, 2.45) is 0 Å². The van der Waals surface area contributed by atoms with Crippen molar-refractivity contribution in [1.29, 1.82) is 0 Å². The minimum absolute atomic E-state index is 0.0132. The molecule has 4 aromatic rings. The van der Waals surface area contributed by atoms with Crippen LogP contribution in [0, 0.1) is 0 Å². The van der Waals surface area contributed by atoms with Crippen molar-refractivity contribution >= 4 is 33.0 Å². The molecule has 0 spiro atoms.